The molecule has 0 bridgehead atoms. The maximum absolute atomic E-state index is 12.9. The standard InChI is InChI=1S/C18H16Cl2N2O4S/c1-11-2-4-15(5-3-11)27(25,26)22-16(6-7-17(22)23)18(24)21-14-9-12(19)8-13(20)10-14/h2-5,8-10,16H,6-7H2,1H3,(H,21,24)/t16-/m1/s1. The van der Waals surface area contributed by atoms with E-state index in [1.807, 2.05) is 6.92 Å². The quantitative estimate of drug-likeness (QED) is 0.808. The van der Waals surface area contributed by atoms with Gasteiger partial charge in [0, 0.05) is 22.2 Å². The van der Waals surface area contributed by atoms with E-state index in [1.54, 1.807) is 12.1 Å². The van der Waals surface area contributed by atoms with E-state index in [2.05, 4.69) is 5.32 Å². The summed E-state index contributed by atoms with van der Waals surface area (Å²) in [6, 6.07) is 9.45. The van der Waals surface area contributed by atoms with Crippen LogP contribution in [0.3, 0.4) is 0 Å². The summed E-state index contributed by atoms with van der Waals surface area (Å²) in [7, 11) is -4.14. The first-order valence-corrected chi connectivity index (χ1v) is 10.3. The molecule has 1 saturated heterocycles. The molecule has 1 aliphatic heterocycles. The minimum Gasteiger partial charge on any atom is -0.324 e. The number of hydrogen-bond donors (Lipinski definition) is 1. The van der Waals surface area contributed by atoms with Crippen molar-refractivity contribution < 1.29 is 18.0 Å². The molecule has 0 aromatic heterocycles. The third-order valence-electron chi connectivity index (χ3n) is 4.17. The van der Waals surface area contributed by atoms with Gasteiger partial charge in [-0.1, -0.05) is 40.9 Å². The van der Waals surface area contributed by atoms with Crippen molar-refractivity contribution in [1.82, 2.24) is 4.31 Å². The molecule has 1 fully saturated rings. The van der Waals surface area contributed by atoms with Gasteiger partial charge in [-0.05, 0) is 43.7 Å². The van der Waals surface area contributed by atoms with Crippen LogP contribution in [0.4, 0.5) is 5.69 Å². The van der Waals surface area contributed by atoms with Crippen molar-refractivity contribution in [2.45, 2.75) is 30.7 Å². The zero-order valence-electron chi connectivity index (χ0n) is 14.3. The maximum Gasteiger partial charge on any atom is 0.267 e. The largest absolute Gasteiger partial charge is 0.324 e. The van der Waals surface area contributed by atoms with Crippen LogP contribution in [0.15, 0.2) is 47.4 Å². The van der Waals surface area contributed by atoms with Crippen molar-refractivity contribution in [3.05, 3.63) is 58.1 Å². The molecule has 2 amide bonds. The molecule has 2 aromatic rings. The Morgan fingerprint density at radius 3 is 2.30 bits per heavy atom. The molecule has 9 heteroatoms. The third-order valence-corrected chi connectivity index (χ3v) is 6.45. The van der Waals surface area contributed by atoms with Gasteiger partial charge in [-0.3, -0.25) is 9.59 Å². The van der Waals surface area contributed by atoms with Crippen molar-refractivity contribution in [2.24, 2.45) is 0 Å². The summed E-state index contributed by atoms with van der Waals surface area (Å²) in [5.41, 5.74) is 1.21. The van der Waals surface area contributed by atoms with Gasteiger partial charge in [-0.2, -0.15) is 0 Å². The van der Waals surface area contributed by atoms with Crippen LogP contribution in [-0.2, 0) is 19.6 Å². The van der Waals surface area contributed by atoms with Crippen molar-refractivity contribution in [2.75, 3.05) is 5.32 Å². The summed E-state index contributed by atoms with van der Waals surface area (Å²) in [4.78, 5) is 24.9. The lowest BCUT2D eigenvalue weighted by molar-refractivity contribution is -0.128. The van der Waals surface area contributed by atoms with Gasteiger partial charge in [0.25, 0.3) is 10.0 Å². The molecule has 1 N–H and O–H groups in total. The number of aryl methyl sites for hydroxylation is 1. The first-order valence-electron chi connectivity index (χ1n) is 8.09. The molecular formula is C18H16Cl2N2O4S. The zero-order chi connectivity index (χ0) is 19.8. The summed E-state index contributed by atoms with van der Waals surface area (Å²) in [6.07, 6.45) is 0.0730. The van der Waals surface area contributed by atoms with Gasteiger partial charge in [-0.15, -0.1) is 0 Å². The average Bonchev–Trinajstić information content (AvgIpc) is 2.97. The number of halogens is 2. The van der Waals surface area contributed by atoms with Gasteiger partial charge in [0.2, 0.25) is 11.8 Å². The van der Waals surface area contributed by atoms with Crippen LogP contribution in [0, 0.1) is 6.92 Å². The van der Waals surface area contributed by atoms with Crippen molar-refractivity contribution in [3.8, 4) is 0 Å². The van der Waals surface area contributed by atoms with E-state index < -0.39 is 27.9 Å². The van der Waals surface area contributed by atoms with Crippen LogP contribution in [0.5, 0.6) is 0 Å². The monoisotopic (exact) mass is 426 g/mol. The van der Waals surface area contributed by atoms with Gasteiger partial charge in [0.15, 0.2) is 0 Å². The van der Waals surface area contributed by atoms with Crippen LogP contribution >= 0.6 is 23.2 Å². The number of anilines is 1. The average molecular weight is 427 g/mol. The van der Waals surface area contributed by atoms with Gasteiger partial charge < -0.3 is 5.32 Å². The molecule has 0 aliphatic carbocycles. The van der Waals surface area contributed by atoms with E-state index in [-0.39, 0.29) is 17.7 Å². The highest BCUT2D eigenvalue weighted by Gasteiger charge is 2.44. The molecule has 27 heavy (non-hydrogen) atoms. The second-order valence-electron chi connectivity index (χ2n) is 6.21. The van der Waals surface area contributed by atoms with Gasteiger partial charge >= 0.3 is 0 Å². The predicted molar refractivity (Wildman–Crippen MR) is 103 cm³/mol. The van der Waals surface area contributed by atoms with Crippen LogP contribution < -0.4 is 5.32 Å². The fraction of sp³-hybridized carbons (Fsp3) is 0.222. The number of benzene rings is 2. The van der Waals surface area contributed by atoms with Gasteiger partial charge in [-0.25, -0.2) is 12.7 Å². The summed E-state index contributed by atoms with van der Waals surface area (Å²) in [5, 5.41) is 3.23. The molecule has 0 saturated carbocycles. The highest BCUT2D eigenvalue weighted by molar-refractivity contribution is 7.89. The molecular weight excluding hydrogens is 411 g/mol. The Hall–Kier alpha value is -2.09. The van der Waals surface area contributed by atoms with E-state index in [0.29, 0.717) is 20.0 Å². The first-order chi connectivity index (χ1) is 12.7. The first kappa shape index (κ1) is 19.7. The van der Waals surface area contributed by atoms with E-state index in [0.717, 1.165) is 5.56 Å². The van der Waals surface area contributed by atoms with Gasteiger partial charge in [0.05, 0.1) is 4.90 Å². The summed E-state index contributed by atoms with van der Waals surface area (Å²) in [5.74, 6) is -1.23. The number of nitrogens with zero attached hydrogens (tertiary/aromatic N) is 1. The van der Waals surface area contributed by atoms with Crippen LogP contribution in [0.2, 0.25) is 10.0 Å². The fourth-order valence-electron chi connectivity index (χ4n) is 2.88. The Kier molecular flexibility index (Phi) is 5.46. The minimum absolute atomic E-state index is 0.0283. The predicted octanol–water partition coefficient (Wildman–Crippen LogP) is 3.62. The third kappa shape index (κ3) is 4.10. The van der Waals surface area contributed by atoms with Crippen LogP contribution in [-0.4, -0.2) is 30.6 Å². The SMILES string of the molecule is Cc1ccc(S(=O)(=O)N2C(=O)CC[C@@H]2C(=O)Nc2cc(Cl)cc(Cl)c2)cc1. The second-order valence-corrected chi connectivity index (χ2v) is 8.90. The normalized spacial score (nSPS) is 17.2. The molecule has 1 atom stereocenters. The minimum atomic E-state index is -4.14. The Bertz CT molecular complexity index is 986. The Labute approximate surface area is 167 Å². The molecule has 142 valence electrons. The summed E-state index contributed by atoms with van der Waals surface area (Å²) >= 11 is 11.8. The fourth-order valence-corrected chi connectivity index (χ4v) is 5.00. The lowest BCUT2D eigenvalue weighted by atomic mass is 10.2. The number of hydrogen-bond acceptors (Lipinski definition) is 4. The molecule has 0 unspecified atom stereocenters. The Morgan fingerprint density at radius 1 is 1.11 bits per heavy atom. The molecule has 2 aromatic carbocycles. The summed E-state index contributed by atoms with van der Waals surface area (Å²) in [6.45, 7) is 1.82. The topological polar surface area (TPSA) is 83.6 Å². The van der Waals surface area contributed by atoms with E-state index in [9.17, 15) is 18.0 Å². The molecule has 1 heterocycles. The molecule has 0 radical (unpaired) electrons. The number of carbonyl (C=O) groups is 2. The van der Waals surface area contributed by atoms with Crippen LogP contribution in [0.1, 0.15) is 18.4 Å². The number of amides is 2. The lowest BCUT2D eigenvalue weighted by Gasteiger charge is -2.24. The molecule has 3 rings (SSSR count). The van der Waals surface area contributed by atoms with Crippen molar-refractivity contribution in [1.29, 1.82) is 0 Å². The van der Waals surface area contributed by atoms with Crippen molar-refractivity contribution in [3.63, 3.8) is 0 Å². The number of sulfonamides is 1. The second kappa shape index (κ2) is 7.50. The Balaban J connectivity index is 1.89. The molecule has 6 nitrogen and oxygen atoms in total. The number of rotatable bonds is 4. The zero-order valence-corrected chi connectivity index (χ0v) is 16.6. The van der Waals surface area contributed by atoms with E-state index in [1.165, 1.54) is 30.3 Å². The van der Waals surface area contributed by atoms with Crippen LogP contribution in [0.25, 0.3) is 0 Å². The number of nitrogens with one attached hydrogen (secondary N) is 1. The van der Waals surface area contributed by atoms with Crippen molar-refractivity contribution >= 4 is 50.7 Å². The van der Waals surface area contributed by atoms with E-state index in [4.69, 9.17) is 23.2 Å². The van der Waals surface area contributed by atoms with Gasteiger partial charge in [0.1, 0.15) is 6.04 Å². The maximum atomic E-state index is 12.9. The summed E-state index contributed by atoms with van der Waals surface area (Å²) < 4.78 is 26.5. The number of carbonyl (C=O) groups excluding carboxylic acids is 2. The molecule has 0 spiro atoms. The smallest absolute Gasteiger partial charge is 0.267 e. The highest BCUT2D eigenvalue weighted by atomic mass is 35.5. The lowest BCUT2D eigenvalue weighted by Crippen LogP contribution is -2.45. The molecule has 1 aliphatic rings. The Morgan fingerprint density at radius 2 is 1.70 bits per heavy atom. The highest BCUT2D eigenvalue weighted by Crippen LogP contribution is 2.29. The van der Waals surface area contributed by atoms with E-state index >= 15 is 0 Å².